The van der Waals surface area contributed by atoms with Gasteiger partial charge in [0.1, 0.15) is 0 Å². The second-order valence-electron chi connectivity index (χ2n) is 4.66. The van der Waals surface area contributed by atoms with Crippen LogP contribution < -0.4 is 10.5 Å². The SMILES string of the molecule is CCS(=O)(=O)NCCN(CCN)CCc1ccccc1.Cl. The van der Waals surface area contributed by atoms with Crippen molar-refractivity contribution in [2.75, 3.05) is 38.5 Å². The van der Waals surface area contributed by atoms with E-state index < -0.39 is 10.0 Å². The summed E-state index contributed by atoms with van der Waals surface area (Å²) in [6.07, 6.45) is 0.946. The Morgan fingerprint density at radius 2 is 1.81 bits per heavy atom. The van der Waals surface area contributed by atoms with Crippen LogP contribution in [0.4, 0.5) is 0 Å². The molecule has 0 fully saturated rings. The molecule has 0 aliphatic heterocycles. The summed E-state index contributed by atoms with van der Waals surface area (Å²) in [5, 5.41) is 0. The highest BCUT2D eigenvalue weighted by molar-refractivity contribution is 7.89. The minimum Gasteiger partial charge on any atom is -0.329 e. The molecule has 1 aromatic rings. The van der Waals surface area contributed by atoms with E-state index in [-0.39, 0.29) is 18.2 Å². The summed E-state index contributed by atoms with van der Waals surface area (Å²) in [7, 11) is -3.11. The van der Waals surface area contributed by atoms with Crippen LogP contribution in [0.25, 0.3) is 0 Å². The Kier molecular flexibility index (Phi) is 10.6. The van der Waals surface area contributed by atoms with E-state index in [0.717, 1.165) is 19.5 Å². The minimum absolute atomic E-state index is 0. The van der Waals surface area contributed by atoms with E-state index in [2.05, 4.69) is 21.8 Å². The third-order valence-corrected chi connectivity index (χ3v) is 4.54. The van der Waals surface area contributed by atoms with Crippen LogP contribution in [-0.4, -0.2) is 51.8 Å². The zero-order chi connectivity index (χ0) is 14.8. The van der Waals surface area contributed by atoms with Crippen molar-refractivity contribution in [1.82, 2.24) is 9.62 Å². The lowest BCUT2D eigenvalue weighted by Crippen LogP contribution is -2.38. The normalized spacial score (nSPS) is 11.4. The summed E-state index contributed by atoms with van der Waals surface area (Å²) >= 11 is 0. The van der Waals surface area contributed by atoms with Crippen LogP contribution in [0.2, 0.25) is 0 Å². The number of hydrogen-bond acceptors (Lipinski definition) is 4. The standard InChI is InChI=1S/C14H25N3O2S.ClH/c1-2-20(18,19)16-10-13-17(12-9-15)11-8-14-6-4-3-5-7-14;/h3-7,16H,2,8-13,15H2,1H3;1H. The van der Waals surface area contributed by atoms with E-state index in [0.29, 0.717) is 19.6 Å². The predicted octanol–water partition coefficient (Wildman–Crippen LogP) is 0.851. The van der Waals surface area contributed by atoms with Gasteiger partial charge in [0.2, 0.25) is 10.0 Å². The van der Waals surface area contributed by atoms with Crippen molar-refractivity contribution in [1.29, 1.82) is 0 Å². The van der Waals surface area contributed by atoms with Gasteiger partial charge < -0.3 is 10.6 Å². The van der Waals surface area contributed by atoms with E-state index >= 15 is 0 Å². The maximum atomic E-state index is 11.4. The lowest BCUT2D eigenvalue weighted by atomic mass is 10.1. The maximum absolute atomic E-state index is 11.4. The van der Waals surface area contributed by atoms with Crippen molar-refractivity contribution in [3.8, 4) is 0 Å². The van der Waals surface area contributed by atoms with Gasteiger partial charge in [-0.1, -0.05) is 30.3 Å². The summed E-state index contributed by atoms with van der Waals surface area (Å²) in [6.45, 7) is 4.99. The average molecular weight is 336 g/mol. The van der Waals surface area contributed by atoms with Crippen LogP contribution in [0.5, 0.6) is 0 Å². The summed E-state index contributed by atoms with van der Waals surface area (Å²) in [5.74, 6) is 0.119. The van der Waals surface area contributed by atoms with E-state index in [1.807, 2.05) is 18.2 Å². The molecule has 21 heavy (non-hydrogen) atoms. The van der Waals surface area contributed by atoms with Gasteiger partial charge in [0.15, 0.2) is 0 Å². The largest absolute Gasteiger partial charge is 0.329 e. The molecular formula is C14H26ClN3O2S. The fourth-order valence-electron chi connectivity index (χ4n) is 1.91. The van der Waals surface area contributed by atoms with Gasteiger partial charge >= 0.3 is 0 Å². The molecule has 0 aliphatic carbocycles. The van der Waals surface area contributed by atoms with Gasteiger partial charge in [-0.25, -0.2) is 13.1 Å². The Morgan fingerprint density at radius 1 is 1.14 bits per heavy atom. The minimum atomic E-state index is -3.11. The maximum Gasteiger partial charge on any atom is 0.211 e. The molecule has 0 unspecified atom stereocenters. The Hall–Kier alpha value is -0.660. The molecule has 1 aromatic carbocycles. The number of rotatable bonds is 10. The molecule has 0 amide bonds. The topological polar surface area (TPSA) is 75.4 Å². The highest BCUT2D eigenvalue weighted by atomic mass is 35.5. The number of halogens is 1. The first-order valence-electron chi connectivity index (χ1n) is 7.01. The van der Waals surface area contributed by atoms with Crippen molar-refractivity contribution in [3.63, 3.8) is 0 Å². The molecule has 0 heterocycles. The van der Waals surface area contributed by atoms with Crippen LogP contribution in [0.15, 0.2) is 30.3 Å². The molecule has 5 nitrogen and oxygen atoms in total. The van der Waals surface area contributed by atoms with Crippen molar-refractivity contribution in [2.24, 2.45) is 5.73 Å². The lowest BCUT2D eigenvalue weighted by Gasteiger charge is -2.21. The quantitative estimate of drug-likeness (QED) is 0.664. The van der Waals surface area contributed by atoms with Crippen molar-refractivity contribution < 1.29 is 8.42 Å². The number of hydrogen-bond donors (Lipinski definition) is 2. The number of sulfonamides is 1. The van der Waals surface area contributed by atoms with Gasteiger partial charge in [-0.3, -0.25) is 0 Å². The first kappa shape index (κ1) is 20.3. The highest BCUT2D eigenvalue weighted by Gasteiger charge is 2.08. The smallest absolute Gasteiger partial charge is 0.211 e. The van der Waals surface area contributed by atoms with Gasteiger partial charge in [0.25, 0.3) is 0 Å². The molecule has 0 bridgehead atoms. The summed E-state index contributed by atoms with van der Waals surface area (Å²) < 4.78 is 25.3. The van der Waals surface area contributed by atoms with Crippen LogP contribution in [0.1, 0.15) is 12.5 Å². The van der Waals surface area contributed by atoms with E-state index in [4.69, 9.17) is 5.73 Å². The molecule has 0 saturated carbocycles. The molecule has 0 saturated heterocycles. The number of nitrogens with zero attached hydrogens (tertiary/aromatic N) is 1. The predicted molar refractivity (Wildman–Crippen MR) is 90.4 cm³/mol. The first-order chi connectivity index (χ1) is 9.57. The number of nitrogens with two attached hydrogens (primary N) is 1. The molecule has 1 rings (SSSR count). The second-order valence-corrected chi connectivity index (χ2v) is 6.76. The molecule has 0 aliphatic rings. The Bertz CT molecular complexity index is 468. The van der Waals surface area contributed by atoms with Gasteiger partial charge in [0, 0.05) is 32.7 Å². The van der Waals surface area contributed by atoms with Crippen LogP contribution in [-0.2, 0) is 16.4 Å². The molecule has 0 radical (unpaired) electrons. The Labute approximate surface area is 134 Å². The van der Waals surface area contributed by atoms with Crippen molar-refractivity contribution in [2.45, 2.75) is 13.3 Å². The second kappa shape index (κ2) is 11.0. The van der Waals surface area contributed by atoms with E-state index in [1.165, 1.54) is 5.56 Å². The van der Waals surface area contributed by atoms with Gasteiger partial charge in [-0.15, -0.1) is 12.4 Å². The zero-order valence-electron chi connectivity index (χ0n) is 12.5. The highest BCUT2D eigenvalue weighted by Crippen LogP contribution is 2.01. The number of nitrogens with one attached hydrogen (secondary N) is 1. The van der Waals surface area contributed by atoms with Crippen LogP contribution in [0, 0.1) is 0 Å². The fraction of sp³-hybridized carbons (Fsp3) is 0.571. The van der Waals surface area contributed by atoms with Gasteiger partial charge in [0.05, 0.1) is 5.75 Å². The zero-order valence-corrected chi connectivity index (χ0v) is 14.1. The van der Waals surface area contributed by atoms with Gasteiger partial charge in [-0.2, -0.15) is 0 Å². The monoisotopic (exact) mass is 335 g/mol. The van der Waals surface area contributed by atoms with E-state index in [1.54, 1.807) is 6.92 Å². The van der Waals surface area contributed by atoms with Crippen molar-refractivity contribution >= 4 is 22.4 Å². The molecule has 7 heteroatoms. The summed E-state index contributed by atoms with van der Waals surface area (Å²) in [4.78, 5) is 2.19. The average Bonchev–Trinajstić information content (AvgIpc) is 2.46. The Balaban J connectivity index is 0.00000400. The van der Waals surface area contributed by atoms with E-state index in [9.17, 15) is 8.42 Å². The first-order valence-corrected chi connectivity index (χ1v) is 8.66. The molecule has 0 spiro atoms. The Morgan fingerprint density at radius 3 is 2.38 bits per heavy atom. The van der Waals surface area contributed by atoms with Crippen molar-refractivity contribution in [3.05, 3.63) is 35.9 Å². The fourth-order valence-corrected chi connectivity index (χ4v) is 2.52. The lowest BCUT2D eigenvalue weighted by molar-refractivity contribution is 0.289. The van der Waals surface area contributed by atoms with Crippen LogP contribution in [0.3, 0.4) is 0 Å². The summed E-state index contributed by atoms with van der Waals surface area (Å²) in [6, 6.07) is 10.2. The molecule has 0 atom stereocenters. The third kappa shape index (κ3) is 9.06. The molecule has 122 valence electrons. The third-order valence-electron chi connectivity index (χ3n) is 3.13. The molecular weight excluding hydrogens is 310 g/mol. The summed E-state index contributed by atoms with van der Waals surface area (Å²) in [5.41, 5.74) is 6.88. The van der Waals surface area contributed by atoms with Crippen LogP contribution >= 0.6 is 12.4 Å². The number of benzene rings is 1. The van der Waals surface area contributed by atoms with Gasteiger partial charge in [-0.05, 0) is 18.9 Å². The molecule has 3 N–H and O–H groups in total. The molecule has 0 aromatic heterocycles.